The molecule has 5 rings (SSSR count). The fourth-order valence-corrected chi connectivity index (χ4v) is 4.05. The number of benzene rings is 1. The highest BCUT2D eigenvalue weighted by atomic mass is 32.1. The molecule has 0 bridgehead atoms. The maximum absolute atomic E-state index is 6.47. The van der Waals surface area contributed by atoms with Crippen molar-refractivity contribution in [2.45, 2.75) is 13.3 Å². The molecule has 0 saturated carbocycles. The number of nitrogen functional groups attached to an aromatic ring is 1. The lowest BCUT2D eigenvalue weighted by Gasteiger charge is -2.10. The molecule has 8 nitrogen and oxygen atoms in total. The summed E-state index contributed by atoms with van der Waals surface area (Å²) >= 11 is 1.70. The Kier molecular flexibility index (Phi) is 3.22. The van der Waals surface area contributed by atoms with E-state index in [1.54, 1.807) is 28.2 Å². The normalized spacial score (nSPS) is 11.6. The van der Waals surface area contributed by atoms with Crippen LogP contribution in [0.5, 0.6) is 0 Å². The zero-order valence-corrected chi connectivity index (χ0v) is 14.7. The average molecular weight is 362 g/mol. The molecule has 0 radical (unpaired) electrons. The van der Waals surface area contributed by atoms with Gasteiger partial charge in [-0.1, -0.05) is 13.0 Å². The van der Waals surface area contributed by atoms with Crippen LogP contribution in [0.4, 0.5) is 5.82 Å². The second-order valence-electron chi connectivity index (χ2n) is 5.94. The van der Waals surface area contributed by atoms with Gasteiger partial charge in [-0.25, -0.2) is 10.1 Å². The van der Waals surface area contributed by atoms with Crippen LogP contribution in [0.15, 0.2) is 36.0 Å². The highest BCUT2D eigenvalue weighted by Gasteiger charge is 2.17. The maximum atomic E-state index is 6.47. The van der Waals surface area contributed by atoms with Crippen LogP contribution in [0.1, 0.15) is 12.5 Å². The van der Waals surface area contributed by atoms with E-state index in [0.717, 1.165) is 17.5 Å². The van der Waals surface area contributed by atoms with Gasteiger partial charge in [0.2, 0.25) is 0 Å². The lowest BCUT2D eigenvalue weighted by Crippen LogP contribution is -2.03. The molecule has 5 aromatic rings. The molecule has 0 aliphatic heterocycles. The van der Waals surface area contributed by atoms with Crippen LogP contribution in [0, 0.1) is 0 Å². The monoisotopic (exact) mass is 362 g/mol. The molecule has 0 amide bonds. The number of aryl methyl sites for hydroxylation is 1. The van der Waals surface area contributed by atoms with Crippen LogP contribution in [0.2, 0.25) is 0 Å². The lowest BCUT2D eigenvalue weighted by atomic mass is 10.0. The molecule has 0 atom stereocenters. The number of rotatable bonds is 3. The minimum atomic E-state index is 0.508. The summed E-state index contributed by atoms with van der Waals surface area (Å²) in [5.74, 6) is 1.05. The minimum absolute atomic E-state index is 0.508. The highest BCUT2D eigenvalue weighted by Crippen LogP contribution is 2.37. The number of thiophene rings is 1. The molecule has 0 unspecified atom stereocenters. The first-order valence-electron chi connectivity index (χ1n) is 8.13. The summed E-state index contributed by atoms with van der Waals surface area (Å²) in [6.45, 7) is 2.15. The van der Waals surface area contributed by atoms with E-state index in [9.17, 15) is 0 Å². The van der Waals surface area contributed by atoms with Crippen molar-refractivity contribution in [3.63, 3.8) is 0 Å². The third-order valence-electron chi connectivity index (χ3n) is 4.47. The summed E-state index contributed by atoms with van der Waals surface area (Å²) in [4.78, 5) is 4.59. The van der Waals surface area contributed by atoms with Crippen LogP contribution in [-0.2, 0) is 6.42 Å². The molecular weight excluding hydrogens is 348 g/mol. The zero-order valence-electron chi connectivity index (χ0n) is 13.8. The van der Waals surface area contributed by atoms with E-state index in [2.05, 4.69) is 61.2 Å². The van der Waals surface area contributed by atoms with E-state index in [1.807, 2.05) is 0 Å². The van der Waals surface area contributed by atoms with Gasteiger partial charge in [-0.05, 0) is 45.3 Å². The van der Waals surface area contributed by atoms with Gasteiger partial charge in [0, 0.05) is 22.0 Å². The molecule has 9 heteroatoms. The quantitative estimate of drug-likeness (QED) is 0.510. The van der Waals surface area contributed by atoms with Crippen molar-refractivity contribution in [3.8, 4) is 22.5 Å². The highest BCUT2D eigenvalue weighted by molar-refractivity contribution is 7.17. The number of nitrogens with two attached hydrogens (primary N) is 1. The van der Waals surface area contributed by atoms with Gasteiger partial charge < -0.3 is 5.73 Å². The summed E-state index contributed by atoms with van der Waals surface area (Å²) in [7, 11) is 0. The number of hydrogen-bond donors (Lipinski definition) is 2. The number of aromatic nitrogens is 7. The van der Waals surface area contributed by atoms with E-state index >= 15 is 0 Å². The number of aromatic amines is 1. The standard InChI is InChI=1S/C17H14N8S/c1-2-9-5-10-3-4-26-14(10)11(6-9)12-7-19-17-13(16-21-23-24-22-16)8-20-25(17)15(12)18/h3-8H,2,18H2,1H3,(H,21,22,23,24). The van der Waals surface area contributed by atoms with Gasteiger partial charge in [-0.2, -0.15) is 9.61 Å². The van der Waals surface area contributed by atoms with Gasteiger partial charge in [-0.3, -0.25) is 0 Å². The molecule has 0 fully saturated rings. The Balaban J connectivity index is 1.76. The predicted molar refractivity (Wildman–Crippen MR) is 101 cm³/mol. The number of fused-ring (bicyclic) bond motifs is 2. The minimum Gasteiger partial charge on any atom is -0.383 e. The van der Waals surface area contributed by atoms with Crippen molar-refractivity contribution in [1.82, 2.24) is 35.2 Å². The number of nitrogens with zero attached hydrogens (tertiary/aromatic N) is 6. The molecule has 128 valence electrons. The van der Waals surface area contributed by atoms with Crippen LogP contribution in [0.25, 0.3) is 38.2 Å². The third-order valence-corrected chi connectivity index (χ3v) is 5.44. The first-order valence-corrected chi connectivity index (χ1v) is 9.01. The summed E-state index contributed by atoms with van der Waals surface area (Å²) < 4.78 is 2.83. The molecule has 26 heavy (non-hydrogen) atoms. The van der Waals surface area contributed by atoms with Crippen LogP contribution in [0.3, 0.4) is 0 Å². The maximum Gasteiger partial charge on any atom is 0.184 e. The molecule has 0 saturated heterocycles. The van der Waals surface area contributed by atoms with Crippen LogP contribution < -0.4 is 5.73 Å². The second kappa shape index (κ2) is 5.60. The Hall–Kier alpha value is -3.33. The average Bonchev–Trinajstić information content (AvgIpc) is 3.40. The molecule has 0 aliphatic carbocycles. The fraction of sp³-hybridized carbons (Fsp3) is 0.118. The predicted octanol–water partition coefficient (Wildman–Crippen LogP) is 2.94. The largest absolute Gasteiger partial charge is 0.383 e. The smallest absolute Gasteiger partial charge is 0.184 e. The summed E-state index contributed by atoms with van der Waals surface area (Å²) in [6.07, 6.45) is 4.42. The van der Waals surface area contributed by atoms with Crippen LogP contribution in [-0.4, -0.2) is 35.2 Å². The summed E-state index contributed by atoms with van der Waals surface area (Å²) in [5.41, 5.74) is 11.0. The van der Waals surface area contributed by atoms with Crippen molar-refractivity contribution in [3.05, 3.63) is 41.5 Å². The number of hydrogen-bond acceptors (Lipinski definition) is 7. The van der Waals surface area contributed by atoms with E-state index in [4.69, 9.17) is 5.73 Å². The Bertz CT molecular complexity index is 1230. The third kappa shape index (κ3) is 2.10. The van der Waals surface area contributed by atoms with Gasteiger partial charge in [0.25, 0.3) is 0 Å². The Morgan fingerprint density at radius 2 is 2.12 bits per heavy atom. The summed E-state index contributed by atoms with van der Waals surface area (Å²) in [6, 6.07) is 6.54. The molecule has 1 aromatic carbocycles. The van der Waals surface area contributed by atoms with E-state index < -0.39 is 0 Å². The lowest BCUT2D eigenvalue weighted by molar-refractivity contribution is 0.881. The van der Waals surface area contributed by atoms with E-state index in [0.29, 0.717) is 22.9 Å². The van der Waals surface area contributed by atoms with Crippen molar-refractivity contribution in [1.29, 1.82) is 0 Å². The van der Waals surface area contributed by atoms with Crippen molar-refractivity contribution in [2.75, 3.05) is 5.73 Å². The van der Waals surface area contributed by atoms with Gasteiger partial charge >= 0.3 is 0 Å². The number of H-pyrrole nitrogens is 1. The fourth-order valence-electron chi connectivity index (χ4n) is 3.14. The SMILES string of the molecule is CCc1cc(-c2cnc3c(-c4nnn[nH]4)cnn3c2N)c2sccc2c1. The van der Waals surface area contributed by atoms with Crippen molar-refractivity contribution >= 4 is 32.9 Å². The van der Waals surface area contributed by atoms with Gasteiger partial charge in [-0.15, -0.1) is 16.4 Å². The van der Waals surface area contributed by atoms with Gasteiger partial charge in [0.05, 0.1) is 11.8 Å². The Morgan fingerprint density at radius 3 is 2.92 bits per heavy atom. The van der Waals surface area contributed by atoms with Gasteiger partial charge in [0.1, 0.15) is 5.82 Å². The second-order valence-corrected chi connectivity index (χ2v) is 6.85. The molecule has 0 aliphatic rings. The first-order chi connectivity index (χ1) is 12.8. The molecule has 0 spiro atoms. The number of anilines is 1. The molecular formula is C17H14N8S. The Labute approximate surface area is 151 Å². The molecule has 4 heterocycles. The number of tetrazole rings is 1. The van der Waals surface area contributed by atoms with Gasteiger partial charge in [0.15, 0.2) is 11.5 Å². The zero-order chi connectivity index (χ0) is 17.7. The molecule has 4 aromatic heterocycles. The molecule has 3 N–H and O–H groups in total. The Morgan fingerprint density at radius 1 is 1.19 bits per heavy atom. The number of nitrogens with one attached hydrogen (secondary N) is 1. The summed E-state index contributed by atoms with van der Waals surface area (Å²) in [5, 5.41) is 21.6. The topological polar surface area (TPSA) is 111 Å². The van der Waals surface area contributed by atoms with Crippen LogP contribution >= 0.6 is 11.3 Å². The van der Waals surface area contributed by atoms with E-state index in [1.165, 1.54) is 15.6 Å². The van der Waals surface area contributed by atoms with Crippen molar-refractivity contribution in [2.24, 2.45) is 0 Å². The van der Waals surface area contributed by atoms with E-state index in [-0.39, 0.29) is 0 Å². The first kappa shape index (κ1) is 15.0. The van der Waals surface area contributed by atoms with Crippen molar-refractivity contribution < 1.29 is 0 Å².